The second kappa shape index (κ2) is 13.9. The van der Waals surface area contributed by atoms with Crippen molar-refractivity contribution in [1.29, 1.82) is 0 Å². The fraction of sp³-hybridized carbons (Fsp3) is 0.312. The molecule has 0 aromatic heterocycles. The minimum absolute atomic E-state index is 0.0285. The maximum Gasteiger partial charge on any atom is 0.315 e. The van der Waals surface area contributed by atoms with E-state index in [0.717, 1.165) is 32.1 Å². The molecular weight excluding hydrogens is 528 g/mol. The first-order valence-electron chi connectivity index (χ1n) is 13.6. The minimum atomic E-state index is -1.16. The molecular formula is C32H33ClN2O5. The summed E-state index contributed by atoms with van der Waals surface area (Å²) in [6.45, 7) is 1.76. The Bertz CT molecular complexity index is 1340. The number of nitrogens with zero attached hydrogens (tertiary/aromatic N) is 1. The number of nitrogens with one attached hydrogen (secondary N) is 1. The Labute approximate surface area is 239 Å². The quantitative estimate of drug-likeness (QED) is 0.185. The molecule has 7 nitrogen and oxygen atoms in total. The van der Waals surface area contributed by atoms with Crippen LogP contribution in [0.15, 0.2) is 78.9 Å². The molecule has 0 heterocycles. The first kappa shape index (κ1) is 29.0. The van der Waals surface area contributed by atoms with Gasteiger partial charge >= 0.3 is 5.97 Å². The van der Waals surface area contributed by atoms with Crippen LogP contribution in [-0.4, -0.2) is 36.2 Å². The molecule has 0 bridgehead atoms. The maximum atomic E-state index is 14.0. The van der Waals surface area contributed by atoms with Crippen molar-refractivity contribution < 1.29 is 23.9 Å². The van der Waals surface area contributed by atoms with E-state index >= 15 is 0 Å². The number of hydrogen-bond donors (Lipinski definition) is 1. The number of carbonyl (C=O) groups excluding carboxylic acids is 4. The van der Waals surface area contributed by atoms with Gasteiger partial charge in [0.15, 0.2) is 5.78 Å². The summed E-state index contributed by atoms with van der Waals surface area (Å²) in [5, 5.41) is 3.60. The number of halogens is 1. The van der Waals surface area contributed by atoms with Crippen molar-refractivity contribution >= 4 is 40.9 Å². The standard InChI is InChI=1S/C32H33ClN2O5/c1-2-40-29(37)21-28(36)35(27-16-10-9-15-26(27)31(38)23-11-5-3-6-12-23)30(22-17-19-24(33)20-18-22)32(39)34-25-13-7-4-8-14-25/h3,5-6,9-12,15-20,25,30H,2,4,7-8,13-14,21H2,1H3,(H,34,39). The summed E-state index contributed by atoms with van der Waals surface area (Å²) in [5.41, 5.74) is 1.39. The van der Waals surface area contributed by atoms with E-state index < -0.39 is 30.2 Å². The van der Waals surface area contributed by atoms with Crippen LogP contribution in [0.25, 0.3) is 0 Å². The summed E-state index contributed by atoms with van der Waals surface area (Å²) in [5.74, 6) is -2.08. The summed E-state index contributed by atoms with van der Waals surface area (Å²) < 4.78 is 5.06. The molecule has 0 aliphatic heterocycles. The Morgan fingerprint density at radius 3 is 2.23 bits per heavy atom. The van der Waals surface area contributed by atoms with Gasteiger partial charge in [-0.1, -0.05) is 85.5 Å². The largest absolute Gasteiger partial charge is 0.466 e. The lowest BCUT2D eigenvalue weighted by molar-refractivity contribution is -0.146. The number of anilines is 1. The Morgan fingerprint density at radius 1 is 0.900 bits per heavy atom. The van der Waals surface area contributed by atoms with Crippen molar-refractivity contribution in [2.24, 2.45) is 0 Å². The number of rotatable bonds is 10. The van der Waals surface area contributed by atoms with Gasteiger partial charge in [-0.25, -0.2) is 0 Å². The molecule has 40 heavy (non-hydrogen) atoms. The predicted octanol–water partition coefficient (Wildman–Crippen LogP) is 6.05. The highest BCUT2D eigenvalue weighted by molar-refractivity contribution is 6.30. The highest BCUT2D eigenvalue weighted by Crippen LogP contribution is 2.34. The average molecular weight is 561 g/mol. The summed E-state index contributed by atoms with van der Waals surface area (Å²) in [6, 6.07) is 20.8. The highest BCUT2D eigenvalue weighted by Gasteiger charge is 2.36. The number of ketones is 1. The Balaban J connectivity index is 1.84. The summed E-state index contributed by atoms with van der Waals surface area (Å²) in [7, 11) is 0. The summed E-state index contributed by atoms with van der Waals surface area (Å²) >= 11 is 6.16. The molecule has 0 spiro atoms. The molecule has 4 rings (SSSR count). The summed E-state index contributed by atoms with van der Waals surface area (Å²) in [4.78, 5) is 55.4. The van der Waals surface area contributed by atoms with Crippen molar-refractivity contribution in [3.05, 3.63) is 101 Å². The smallest absolute Gasteiger partial charge is 0.315 e. The van der Waals surface area contributed by atoms with Gasteiger partial charge in [-0.15, -0.1) is 0 Å². The first-order valence-corrected chi connectivity index (χ1v) is 14.0. The molecule has 8 heteroatoms. The molecule has 1 aliphatic carbocycles. The Kier molecular flexibility index (Phi) is 10.1. The fourth-order valence-corrected chi connectivity index (χ4v) is 5.17. The van der Waals surface area contributed by atoms with E-state index in [1.807, 2.05) is 6.07 Å². The fourth-order valence-electron chi connectivity index (χ4n) is 5.05. The third-order valence-electron chi connectivity index (χ3n) is 6.96. The number of para-hydroxylation sites is 1. The number of ether oxygens (including phenoxy) is 1. The Hall–Kier alpha value is -3.97. The van der Waals surface area contributed by atoms with Gasteiger partial charge in [-0.05, 0) is 49.6 Å². The minimum Gasteiger partial charge on any atom is -0.466 e. The molecule has 1 atom stereocenters. The van der Waals surface area contributed by atoms with Gasteiger partial charge in [0.1, 0.15) is 12.5 Å². The lowest BCUT2D eigenvalue weighted by atomic mass is 9.94. The average Bonchev–Trinajstić information content (AvgIpc) is 2.97. The third-order valence-corrected chi connectivity index (χ3v) is 7.21. The molecule has 0 radical (unpaired) electrons. The van der Waals surface area contributed by atoms with Crippen LogP contribution in [0, 0.1) is 0 Å². The van der Waals surface area contributed by atoms with Gasteiger partial charge < -0.3 is 10.1 Å². The lowest BCUT2D eigenvalue weighted by Gasteiger charge is -2.34. The maximum absolute atomic E-state index is 14.0. The van der Waals surface area contributed by atoms with Gasteiger partial charge in [-0.3, -0.25) is 24.1 Å². The normalized spacial score (nSPS) is 14.2. The number of hydrogen-bond acceptors (Lipinski definition) is 5. The lowest BCUT2D eigenvalue weighted by Crippen LogP contribution is -2.48. The molecule has 3 aromatic rings. The van der Waals surface area contributed by atoms with Crippen LogP contribution in [0.2, 0.25) is 5.02 Å². The monoisotopic (exact) mass is 560 g/mol. The number of carbonyl (C=O) groups is 4. The van der Waals surface area contributed by atoms with Gasteiger partial charge in [0, 0.05) is 22.2 Å². The molecule has 0 saturated heterocycles. The highest BCUT2D eigenvalue weighted by atomic mass is 35.5. The number of amides is 2. The first-order chi connectivity index (χ1) is 19.4. The van der Waals surface area contributed by atoms with E-state index in [-0.39, 0.29) is 29.7 Å². The van der Waals surface area contributed by atoms with Crippen molar-refractivity contribution in [3.63, 3.8) is 0 Å². The molecule has 208 valence electrons. The van der Waals surface area contributed by atoms with Gasteiger partial charge in [0.25, 0.3) is 0 Å². The molecule has 1 aliphatic rings. The van der Waals surface area contributed by atoms with Gasteiger partial charge in [0.2, 0.25) is 11.8 Å². The number of esters is 1. The van der Waals surface area contributed by atoms with Gasteiger partial charge in [-0.2, -0.15) is 0 Å². The predicted molar refractivity (Wildman–Crippen MR) is 154 cm³/mol. The van der Waals surface area contributed by atoms with Crippen LogP contribution >= 0.6 is 11.6 Å². The topological polar surface area (TPSA) is 92.8 Å². The molecule has 1 unspecified atom stereocenters. The van der Waals surface area contributed by atoms with Crippen LogP contribution in [0.4, 0.5) is 5.69 Å². The van der Waals surface area contributed by atoms with E-state index in [1.165, 1.54) is 4.90 Å². The van der Waals surface area contributed by atoms with Crippen molar-refractivity contribution in [1.82, 2.24) is 5.32 Å². The van der Waals surface area contributed by atoms with Crippen molar-refractivity contribution in [2.45, 2.75) is 57.5 Å². The van der Waals surface area contributed by atoms with E-state index in [4.69, 9.17) is 16.3 Å². The van der Waals surface area contributed by atoms with Crippen LogP contribution in [0.1, 0.15) is 73.0 Å². The third kappa shape index (κ3) is 7.16. The second-order valence-electron chi connectivity index (χ2n) is 9.76. The molecule has 1 N–H and O–H groups in total. The van der Waals surface area contributed by atoms with Crippen LogP contribution in [-0.2, 0) is 19.1 Å². The van der Waals surface area contributed by atoms with Crippen molar-refractivity contribution in [3.8, 4) is 0 Å². The van der Waals surface area contributed by atoms with Crippen molar-refractivity contribution in [2.75, 3.05) is 11.5 Å². The molecule has 1 fully saturated rings. The zero-order valence-electron chi connectivity index (χ0n) is 22.5. The van der Waals surface area contributed by atoms with E-state index in [9.17, 15) is 19.2 Å². The summed E-state index contributed by atoms with van der Waals surface area (Å²) in [6.07, 6.45) is 4.24. The van der Waals surface area contributed by atoms with Gasteiger partial charge in [0.05, 0.1) is 12.3 Å². The molecule has 1 saturated carbocycles. The van der Waals surface area contributed by atoms with Crippen LogP contribution in [0.3, 0.4) is 0 Å². The number of benzene rings is 3. The van der Waals surface area contributed by atoms with E-state index in [1.54, 1.807) is 79.7 Å². The zero-order valence-corrected chi connectivity index (χ0v) is 23.2. The Morgan fingerprint density at radius 2 is 1.55 bits per heavy atom. The molecule has 3 aromatic carbocycles. The van der Waals surface area contributed by atoms with Crippen LogP contribution < -0.4 is 10.2 Å². The molecule has 2 amide bonds. The van der Waals surface area contributed by atoms with Crippen LogP contribution in [0.5, 0.6) is 0 Å². The van der Waals surface area contributed by atoms with E-state index in [0.29, 0.717) is 16.1 Å². The van der Waals surface area contributed by atoms with E-state index in [2.05, 4.69) is 5.32 Å². The SMILES string of the molecule is CCOC(=O)CC(=O)N(c1ccccc1C(=O)c1ccccc1)C(C(=O)NC1CCCCC1)c1ccc(Cl)cc1. The zero-order chi connectivity index (χ0) is 28.5. The second-order valence-corrected chi connectivity index (χ2v) is 10.2.